The molecule has 1 aliphatic heterocycles. The molecule has 0 radical (unpaired) electrons. The second-order valence-electron chi connectivity index (χ2n) is 4.79. The first-order chi connectivity index (χ1) is 8.50. The third kappa shape index (κ3) is 2.97. The number of pyridine rings is 1. The van der Waals surface area contributed by atoms with Gasteiger partial charge in [-0.3, -0.25) is 0 Å². The second kappa shape index (κ2) is 4.92. The van der Waals surface area contributed by atoms with Crippen LogP contribution in [0.1, 0.15) is 25.1 Å². The molecule has 1 aromatic rings. The van der Waals surface area contributed by atoms with Crippen LogP contribution in [-0.2, 0) is 9.47 Å². The fourth-order valence-electron chi connectivity index (χ4n) is 1.86. The van der Waals surface area contributed by atoms with Crippen molar-refractivity contribution in [3.05, 3.63) is 23.4 Å². The fraction of sp³-hybridized carbons (Fsp3) is 0.538. The van der Waals surface area contributed by atoms with Gasteiger partial charge < -0.3 is 14.8 Å². The molecule has 1 aromatic heterocycles. The average molecular weight is 247 g/mol. The molecular weight excluding hydrogens is 230 g/mol. The zero-order chi connectivity index (χ0) is 13.2. The van der Waals surface area contributed by atoms with Crippen molar-refractivity contribution in [1.82, 2.24) is 4.98 Å². The van der Waals surface area contributed by atoms with E-state index in [2.05, 4.69) is 16.4 Å². The number of ether oxygens (including phenoxy) is 2. The number of nitrogens with one attached hydrogen (secondary N) is 1. The molecule has 2 heterocycles. The molecule has 0 bridgehead atoms. The van der Waals surface area contributed by atoms with Crippen molar-refractivity contribution in [2.75, 3.05) is 18.5 Å². The molecule has 1 saturated heterocycles. The Balaban J connectivity index is 1.99. The van der Waals surface area contributed by atoms with Crippen LogP contribution in [-0.4, -0.2) is 30.0 Å². The number of hydrogen-bond acceptors (Lipinski definition) is 5. The van der Waals surface area contributed by atoms with Crippen LogP contribution in [0.4, 0.5) is 5.82 Å². The van der Waals surface area contributed by atoms with Gasteiger partial charge in [0, 0.05) is 12.2 Å². The summed E-state index contributed by atoms with van der Waals surface area (Å²) in [4.78, 5) is 4.31. The highest BCUT2D eigenvalue weighted by molar-refractivity contribution is 5.52. The highest BCUT2D eigenvalue weighted by Gasteiger charge is 2.32. The average Bonchev–Trinajstić information content (AvgIpc) is 2.66. The lowest BCUT2D eigenvalue weighted by Gasteiger charge is -2.17. The van der Waals surface area contributed by atoms with Gasteiger partial charge in [0.25, 0.3) is 0 Å². The van der Waals surface area contributed by atoms with E-state index in [1.54, 1.807) is 6.07 Å². The van der Waals surface area contributed by atoms with Crippen molar-refractivity contribution in [3.63, 3.8) is 0 Å². The second-order valence-corrected chi connectivity index (χ2v) is 4.79. The van der Waals surface area contributed by atoms with Crippen molar-refractivity contribution in [2.24, 2.45) is 0 Å². The lowest BCUT2D eigenvalue weighted by Crippen LogP contribution is -2.26. The Morgan fingerprint density at radius 2 is 2.33 bits per heavy atom. The summed E-state index contributed by atoms with van der Waals surface area (Å²) in [5, 5.41) is 12.1. The third-order valence-electron chi connectivity index (χ3n) is 2.72. The van der Waals surface area contributed by atoms with Crippen molar-refractivity contribution in [3.8, 4) is 6.07 Å². The van der Waals surface area contributed by atoms with Crippen LogP contribution in [0, 0.1) is 18.3 Å². The first kappa shape index (κ1) is 12.8. The Kier molecular flexibility index (Phi) is 3.50. The number of anilines is 1. The van der Waals surface area contributed by atoms with Crippen molar-refractivity contribution >= 4 is 5.82 Å². The van der Waals surface area contributed by atoms with Crippen molar-refractivity contribution in [1.29, 1.82) is 5.26 Å². The molecule has 1 aliphatic rings. The van der Waals surface area contributed by atoms with E-state index in [1.165, 1.54) is 0 Å². The molecule has 1 atom stereocenters. The van der Waals surface area contributed by atoms with Crippen molar-refractivity contribution < 1.29 is 9.47 Å². The standard InChI is InChI=1S/C13H17N3O2/c1-9-4-5-10(6-14)12(16-9)15-7-11-8-17-13(2,3)18-11/h4-5,11H,7-8H2,1-3H3,(H,15,16). The minimum atomic E-state index is -0.523. The SMILES string of the molecule is Cc1ccc(C#N)c(NCC2COC(C)(C)O2)n1. The fourth-order valence-corrected chi connectivity index (χ4v) is 1.86. The summed E-state index contributed by atoms with van der Waals surface area (Å²) < 4.78 is 11.2. The van der Waals surface area contributed by atoms with E-state index in [1.807, 2.05) is 26.8 Å². The summed E-state index contributed by atoms with van der Waals surface area (Å²) in [6.45, 7) is 6.80. The highest BCUT2D eigenvalue weighted by atomic mass is 16.7. The maximum Gasteiger partial charge on any atom is 0.163 e. The Bertz CT molecular complexity index is 480. The smallest absolute Gasteiger partial charge is 0.163 e. The molecular formula is C13H17N3O2. The normalized spacial score (nSPS) is 21.6. The summed E-state index contributed by atoms with van der Waals surface area (Å²) in [6, 6.07) is 5.70. The molecule has 0 amide bonds. The number of aromatic nitrogens is 1. The predicted octanol–water partition coefficient (Wildman–Crippen LogP) is 1.83. The largest absolute Gasteiger partial charge is 0.366 e. The van der Waals surface area contributed by atoms with Crippen LogP contribution in [0.15, 0.2) is 12.1 Å². The van der Waals surface area contributed by atoms with Crippen LogP contribution in [0.2, 0.25) is 0 Å². The summed E-state index contributed by atoms with van der Waals surface area (Å²) >= 11 is 0. The van der Waals surface area contributed by atoms with Gasteiger partial charge in [-0.1, -0.05) is 0 Å². The van der Waals surface area contributed by atoms with E-state index in [-0.39, 0.29) is 6.10 Å². The van der Waals surface area contributed by atoms with E-state index in [0.29, 0.717) is 24.5 Å². The molecule has 96 valence electrons. The third-order valence-corrected chi connectivity index (χ3v) is 2.72. The van der Waals surface area contributed by atoms with Gasteiger partial charge in [-0.2, -0.15) is 5.26 Å². The Labute approximate surface area is 107 Å². The molecule has 0 aliphatic carbocycles. The number of aryl methyl sites for hydroxylation is 1. The molecule has 1 unspecified atom stereocenters. The Morgan fingerprint density at radius 3 is 2.94 bits per heavy atom. The van der Waals surface area contributed by atoms with Crippen molar-refractivity contribution in [2.45, 2.75) is 32.7 Å². The lowest BCUT2D eigenvalue weighted by molar-refractivity contribution is -0.136. The molecule has 2 rings (SSSR count). The lowest BCUT2D eigenvalue weighted by atomic mass is 10.2. The molecule has 5 heteroatoms. The topological polar surface area (TPSA) is 67.2 Å². The Hall–Kier alpha value is -1.64. The van der Waals surface area contributed by atoms with Crippen LogP contribution >= 0.6 is 0 Å². The van der Waals surface area contributed by atoms with Gasteiger partial charge in [0.1, 0.15) is 18.0 Å². The molecule has 1 fully saturated rings. The van der Waals surface area contributed by atoms with E-state index in [9.17, 15) is 0 Å². The predicted molar refractivity (Wildman–Crippen MR) is 67.1 cm³/mol. The first-order valence-electron chi connectivity index (χ1n) is 5.93. The number of rotatable bonds is 3. The molecule has 0 spiro atoms. The van der Waals surface area contributed by atoms with Gasteiger partial charge in [-0.05, 0) is 32.9 Å². The van der Waals surface area contributed by atoms with Crippen LogP contribution in [0.3, 0.4) is 0 Å². The van der Waals surface area contributed by atoms with Gasteiger partial charge in [0.05, 0.1) is 12.2 Å². The van der Waals surface area contributed by atoms with Gasteiger partial charge in [-0.25, -0.2) is 4.98 Å². The number of hydrogen-bond donors (Lipinski definition) is 1. The minimum absolute atomic E-state index is 0.0196. The van der Waals surface area contributed by atoms with Gasteiger partial charge in [-0.15, -0.1) is 0 Å². The van der Waals surface area contributed by atoms with E-state index < -0.39 is 5.79 Å². The summed E-state index contributed by atoms with van der Waals surface area (Å²) in [5.74, 6) is 0.0792. The monoisotopic (exact) mass is 247 g/mol. The molecule has 1 N–H and O–H groups in total. The summed E-state index contributed by atoms with van der Waals surface area (Å²) in [7, 11) is 0. The van der Waals surface area contributed by atoms with Crippen LogP contribution in [0.25, 0.3) is 0 Å². The quantitative estimate of drug-likeness (QED) is 0.882. The highest BCUT2D eigenvalue weighted by Crippen LogP contribution is 2.22. The van der Waals surface area contributed by atoms with Gasteiger partial charge in [0.2, 0.25) is 0 Å². The molecule has 5 nitrogen and oxygen atoms in total. The van der Waals surface area contributed by atoms with E-state index in [0.717, 1.165) is 5.69 Å². The van der Waals surface area contributed by atoms with Gasteiger partial charge >= 0.3 is 0 Å². The maximum absolute atomic E-state index is 9.00. The maximum atomic E-state index is 9.00. The summed E-state index contributed by atoms with van der Waals surface area (Å²) in [5.41, 5.74) is 1.42. The first-order valence-corrected chi connectivity index (χ1v) is 5.93. The van der Waals surface area contributed by atoms with Crippen LogP contribution < -0.4 is 5.32 Å². The zero-order valence-corrected chi connectivity index (χ0v) is 10.9. The molecule has 0 saturated carbocycles. The Morgan fingerprint density at radius 1 is 1.56 bits per heavy atom. The van der Waals surface area contributed by atoms with E-state index in [4.69, 9.17) is 14.7 Å². The van der Waals surface area contributed by atoms with Gasteiger partial charge in [0.15, 0.2) is 5.79 Å². The van der Waals surface area contributed by atoms with Crippen LogP contribution in [0.5, 0.6) is 0 Å². The number of nitrogens with zero attached hydrogens (tertiary/aromatic N) is 2. The summed E-state index contributed by atoms with van der Waals surface area (Å²) in [6.07, 6.45) is -0.0196. The number of nitriles is 1. The molecule has 18 heavy (non-hydrogen) atoms. The van der Waals surface area contributed by atoms with E-state index >= 15 is 0 Å². The zero-order valence-electron chi connectivity index (χ0n) is 10.9. The molecule has 0 aromatic carbocycles. The minimum Gasteiger partial charge on any atom is -0.366 e.